The molecule has 0 bridgehead atoms. The van der Waals surface area contributed by atoms with Crippen LogP contribution in [0.4, 0.5) is 0 Å². The van der Waals surface area contributed by atoms with Gasteiger partial charge in [0, 0.05) is 12.3 Å². The Labute approximate surface area is 51.5 Å². The minimum absolute atomic E-state index is 0.394. The molecule has 0 aromatic carbocycles. The first-order valence-corrected chi connectivity index (χ1v) is 3.21. The molecule has 0 spiro atoms. The van der Waals surface area contributed by atoms with Gasteiger partial charge in [-0.25, -0.2) is 6.57 Å². The predicted octanol–water partition coefficient (Wildman–Crippen LogP) is 2.34. The van der Waals surface area contributed by atoms with Crippen molar-refractivity contribution in [3.05, 3.63) is 11.4 Å². The molecule has 0 unspecified atom stereocenters. The molecule has 8 heavy (non-hydrogen) atoms. The fraction of sp³-hybridized carbons (Fsp3) is 0.857. The van der Waals surface area contributed by atoms with Gasteiger partial charge in [0.2, 0.25) is 6.04 Å². The molecular formula is C7H13N. The SMILES string of the molecule is CC.[C-]#[N+][C@@H]1C[C@@H]1C. The number of rotatable bonds is 0. The van der Waals surface area contributed by atoms with Crippen LogP contribution in [0, 0.1) is 12.5 Å². The van der Waals surface area contributed by atoms with Crippen molar-refractivity contribution in [3.63, 3.8) is 0 Å². The molecule has 0 aliphatic heterocycles. The van der Waals surface area contributed by atoms with Gasteiger partial charge < -0.3 is 4.85 Å². The summed E-state index contributed by atoms with van der Waals surface area (Å²) in [4.78, 5) is 3.33. The molecule has 0 aromatic heterocycles. The van der Waals surface area contributed by atoms with Crippen LogP contribution in [0.1, 0.15) is 27.2 Å². The maximum Gasteiger partial charge on any atom is 0.227 e. The molecule has 2 atom stereocenters. The van der Waals surface area contributed by atoms with E-state index in [9.17, 15) is 0 Å². The van der Waals surface area contributed by atoms with E-state index in [1.54, 1.807) is 0 Å². The first-order chi connectivity index (χ1) is 3.84. The molecule has 0 radical (unpaired) electrons. The van der Waals surface area contributed by atoms with Gasteiger partial charge in [-0.2, -0.15) is 0 Å². The Hall–Kier alpha value is -0.510. The topological polar surface area (TPSA) is 4.36 Å². The van der Waals surface area contributed by atoms with Crippen LogP contribution in [0.2, 0.25) is 0 Å². The smallest absolute Gasteiger partial charge is 0.227 e. The van der Waals surface area contributed by atoms with Gasteiger partial charge in [-0.15, -0.1) is 0 Å². The van der Waals surface area contributed by atoms with Crippen molar-refractivity contribution in [2.24, 2.45) is 5.92 Å². The minimum Gasteiger partial charge on any atom is -0.313 e. The highest BCUT2D eigenvalue weighted by Gasteiger charge is 2.39. The van der Waals surface area contributed by atoms with Crippen molar-refractivity contribution in [1.82, 2.24) is 0 Å². The van der Waals surface area contributed by atoms with Crippen LogP contribution < -0.4 is 0 Å². The first kappa shape index (κ1) is 7.49. The fourth-order valence-electron chi connectivity index (χ4n) is 0.482. The lowest BCUT2D eigenvalue weighted by Crippen LogP contribution is -1.67. The summed E-state index contributed by atoms with van der Waals surface area (Å²) >= 11 is 0. The van der Waals surface area contributed by atoms with E-state index >= 15 is 0 Å². The molecule has 1 aliphatic rings. The van der Waals surface area contributed by atoms with Crippen LogP contribution in [0.25, 0.3) is 4.85 Å². The minimum atomic E-state index is 0.394. The second kappa shape index (κ2) is 3.49. The van der Waals surface area contributed by atoms with Gasteiger partial charge in [-0.1, -0.05) is 20.8 Å². The Morgan fingerprint density at radius 1 is 1.50 bits per heavy atom. The summed E-state index contributed by atoms with van der Waals surface area (Å²) in [6.45, 7) is 12.6. The third-order valence-electron chi connectivity index (χ3n) is 1.23. The van der Waals surface area contributed by atoms with Crippen LogP contribution in [0.5, 0.6) is 0 Å². The summed E-state index contributed by atoms with van der Waals surface area (Å²) in [7, 11) is 0. The van der Waals surface area contributed by atoms with E-state index in [4.69, 9.17) is 6.57 Å². The normalized spacial score (nSPS) is 31.8. The fourth-order valence-corrected chi connectivity index (χ4v) is 0.482. The zero-order valence-corrected chi connectivity index (χ0v) is 5.81. The van der Waals surface area contributed by atoms with Crippen molar-refractivity contribution in [2.75, 3.05) is 0 Å². The molecule has 0 saturated heterocycles. The van der Waals surface area contributed by atoms with Crippen LogP contribution >= 0.6 is 0 Å². The van der Waals surface area contributed by atoms with Crippen molar-refractivity contribution in [1.29, 1.82) is 0 Å². The molecule has 0 N–H and O–H groups in total. The maximum absolute atomic E-state index is 6.48. The monoisotopic (exact) mass is 111 g/mol. The lowest BCUT2D eigenvalue weighted by molar-refractivity contribution is 0.958. The number of hydrogen-bond donors (Lipinski definition) is 0. The Morgan fingerprint density at radius 3 is 1.88 bits per heavy atom. The van der Waals surface area contributed by atoms with E-state index in [-0.39, 0.29) is 0 Å². The predicted molar refractivity (Wildman–Crippen MR) is 35.5 cm³/mol. The van der Waals surface area contributed by atoms with Gasteiger partial charge in [-0.3, -0.25) is 0 Å². The summed E-state index contributed by atoms with van der Waals surface area (Å²) in [6.07, 6.45) is 1.14. The van der Waals surface area contributed by atoms with E-state index in [1.807, 2.05) is 13.8 Å². The zero-order valence-electron chi connectivity index (χ0n) is 5.81. The largest absolute Gasteiger partial charge is 0.313 e. The van der Waals surface area contributed by atoms with E-state index in [0.29, 0.717) is 12.0 Å². The first-order valence-electron chi connectivity index (χ1n) is 3.21. The number of hydrogen-bond acceptors (Lipinski definition) is 0. The molecule has 0 aromatic rings. The molecule has 1 heteroatoms. The Bertz CT molecular complexity index is 91.1. The van der Waals surface area contributed by atoms with Crippen LogP contribution in [-0.4, -0.2) is 6.04 Å². The van der Waals surface area contributed by atoms with Crippen molar-refractivity contribution in [3.8, 4) is 0 Å². The molecule has 1 rings (SSSR count). The lowest BCUT2D eigenvalue weighted by Gasteiger charge is -1.64. The molecule has 1 nitrogen and oxygen atoms in total. The summed E-state index contributed by atoms with van der Waals surface area (Å²) in [6, 6.07) is 0.394. The van der Waals surface area contributed by atoms with Gasteiger partial charge in [0.15, 0.2) is 0 Å². The van der Waals surface area contributed by atoms with Gasteiger partial charge >= 0.3 is 0 Å². The molecule has 1 saturated carbocycles. The average Bonchev–Trinajstić information content (AvgIpc) is 2.52. The Balaban J connectivity index is 0.000000222. The third-order valence-corrected chi connectivity index (χ3v) is 1.23. The molecule has 0 heterocycles. The van der Waals surface area contributed by atoms with Gasteiger partial charge in [0.25, 0.3) is 0 Å². The highest BCUT2D eigenvalue weighted by atomic mass is 14.8. The quantitative estimate of drug-likeness (QED) is 0.422. The highest BCUT2D eigenvalue weighted by molar-refractivity contribution is 4.98. The average molecular weight is 111 g/mol. The summed E-state index contributed by atoms with van der Waals surface area (Å²) in [5.74, 6) is 0.711. The van der Waals surface area contributed by atoms with Crippen LogP contribution in [-0.2, 0) is 0 Å². The van der Waals surface area contributed by atoms with Crippen molar-refractivity contribution < 1.29 is 0 Å². The maximum atomic E-state index is 6.48. The van der Waals surface area contributed by atoms with Crippen LogP contribution in [0.15, 0.2) is 0 Å². The second-order valence-electron chi connectivity index (χ2n) is 1.91. The van der Waals surface area contributed by atoms with E-state index in [2.05, 4.69) is 11.8 Å². The summed E-state index contributed by atoms with van der Waals surface area (Å²) in [5, 5.41) is 0. The van der Waals surface area contributed by atoms with E-state index in [0.717, 1.165) is 6.42 Å². The molecule has 1 fully saturated rings. The third kappa shape index (κ3) is 1.97. The zero-order chi connectivity index (χ0) is 6.57. The van der Waals surface area contributed by atoms with Gasteiger partial charge in [0.1, 0.15) is 0 Å². The van der Waals surface area contributed by atoms with E-state index < -0.39 is 0 Å². The van der Waals surface area contributed by atoms with Crippen molar-refractivity contribution >= 4 is 0 Å². The van der Waals surface area contributed by atoms with Crippen LogP contribution in [0.3, 0.4) is 0 Å². The van der Waals surface area contributed by atoms with E-state index in [1.165, 1.54) is 0 Å². The molecule has 1 aliphatic carbocycles. The number of nitrogens with zero attached hydrogens (tertiary/aromatic N) is 1. The lowest BCUT2D eigenvalue weighted by atomic mass is 10.5. The van der Waals surface area contributed by atoms with Gasteiger partial charge in [-0.05, 0) is 0 Å². The van der Waals surface area contributed by atoms with Crippen molar-refractivity contribution in [2.45, 2.75) is 33.2 Å². The van der Waals surface area contributed by atoms with Gasteiger partial charge in [0.05, 0.1) is 0 Å². The highest BCUT2D eigenvalue weighted by Crippen LogP contribution is 2.32. The summed E-state index contributed by atoms with van der Waals surface area (Å²) < 4.78 is 0. The molecule has 46 valence electrons. The second-order valence-corrected chi connectivity index (χ2v) is 1.91. The Morgan fingerprint density at radius 2 is 1.88 bits per heavy atom. The Kier molecular flexibility index (Phi) is 3.26. The molecule has 0 amide bonds. The summed E-state index contributed by atoms with van der Waals surface area (Å²) in [5.41, 5.74) is 0. The standard InChI is InChI=1S/C5H7N.C2H6/c1-4-3-5(4)6-2;1-2/h4-5H,3H2,1H3;1-2H3/t4-,5+;/m0./s1. The molecular weight excluding hydrogens is 98.1 g/mol.